The van der Waals surface area contributed by atoms with Gasteiger partial charge in [-0.15, -0.1) is 0 Å². The van der Waals surface area contributed by atoms with E-state index in [0.29, 0.717) is 6.61 Å². The zero-order valence-corrected chi connectivity index (χ0v) is 14.6. The van der Waals surface area contributed by atoms with Gasteiger partial charge in [-0.1, -0.05) is 60.2 Å². The third-order valence-corrected chi connectivity index (χ3v) is 3.92. The van der Waals surface area contributed by atoms with Crippen molar-refractivity contribution in [3.63, 3.8) is 0 Å². The first-order valence-electron chi connectivity index (χ1n) is 8.35. The molecule has 0 fully saturated rings. The van der Waals surface area contributed by atoms with Crippen molar-refractivity contribution in [1.82, 2.24) is 0 Å². The minimum Gasteiger partial charge on any atom is -0.489 e. The monoisotopic (exact) mass is 330 g/mol. The van der Waals surface area contributed by atoms with Gasteiger partial charge in [-0.25, -0.2) is 0 Å². The van der Waals surface area contributed by atoms with E-state index in [1.807, 2.05) is 49.4 Å². The Balaban J connectivity index is 1.57. The number of hydrazone groups is 1. The fourth-order valence-corrected chi connectivity index (χ4v) is 2.37. The van der Waals surface area contributed by atoms with Crippen molar-refractivity contribution >= 4 is 11.4 Å². The molecule has 0 unspecified atom stereocenters. The highest BCUT2D eigenvalue weighted by Gasteiger charge is 1.99. The topological polar surface area (TPSA) is 33.6 Å². The molecule has 1 N–H and O–H groups in total. The summed E-state index contributed by atoms with van der Waals surface area (Å²) in [5.41, 5.74) is 8.48. The Hall–Kier alpha value is -3.07. The van der Waals surface area contributed by atoms with E-state index in [9.17, 15) is 0 Å². The van der Waals surface area contributed by atoms with Crippen molar-refractivity contribution in [2.75, 3.05) is 5.43 Å². The van der Waals surface area contributed by atoms with Gasteiger partial charge in [-0.05, 0) is 49.2 Å². The van der Waals surface area contributed by atoms with E-state index < -0.39 is 0 Å². The second-order valence-electron chi connectivity index (χ2n) is 5.97. The first-order valence-corrected chi connectivity index (χ1v) is 8.35. The molecule has 0 aliphatic carbocycles. The fourth-order valence-electron chi connectivity index (χ4n) is 2.37. The number of anilines is 1. The second-order valence-corrected chi connectivity index (χ2v) is 5.97. The van der Waals surface area contributed by atoms with Crippen LogP contribution in [-0.4, -0.2) is 5.71 Å². The molecule has 3 aromatic carbocycles. The predicted molar refractivity (Wildman–Crippen MR) is 104 cm³/mol. The molecule has 0 aromatic heterocycles. The molecular weight excluding hydrogens is 308 g/mol. The number of aryl methyl sites for hydroxylation is 1. The van der Waals surface area contributed by atoms with E-state index in [2.05, 4.69) is 53.8 Å². The highest BCUT2D eigenvalue weighted by molar-refractivity contribution is 5.99. The van der Waals surface area contributed by atoms with E-state index >= 15 is 0 Å². The molecular formula is C22H22N2O. The van der Waals surface area contributed by atoms with Gasteiger partial charge in [0.25, 0.3) is 0 Å². The van der Waals surface area contributed by atoms with Crippen LogP contribution in [0.1, 0.15) is 23.6 Å². The maximum Gasteiger partial charge on any atom is 0.119 e. The van der Waals surface area contributed by atoms with Gasteiger partial charge in [0.2, 0.25) is 0 Å². The molecule has 0 bridgehead atoms. The smallest absolute Gasteiger partial charge is 0.119 e. The molecule has 25 heavy (non-hydrogen) atoms. The summed E-state index contributed by atoms with van der Waals surface area (Å²) in [5.74, 6) is 0.841. The lowest BCUT2D eigenvalue weighted by Gasteiger charge is -2.08. The summed E-state index contributed by atoms with van der Waals surface area (Å²) in [6, 6.07) is 26.3. The third kappa shape index (κ3) is 4.95. The van der Waals surface area contributed by atoms with Crippen molar-refractivity contribution in [3.05, 3.63) is 95.6 Å². The van der Waals surface area contributed by atoms with Crippen LogP contribution in [0.5, 0.6) is 5.75 Å². The average Bonchev–Trinajstić information content (AvgIpc) is 2.67. The van der Waals surface area contributed by atoms with Gasteiger partial charge in [-0.3, -0.25) is 5.43 Å². The van der Waals surface area contributed by atoms with Gasteiger partial charge >= 0.3 is 0 Å². The zero-order chi connectivity index (χ0) is 17.5. The Kier molecular flexibility index (Phi) is 5.47. The number of nitrogens with one attached hydrogen (secondary N) is 1. The molecule has 126 valence electrons. The van der Waals surface area contributed by atoms with E-state index in [1.54, 1.807) is 0 Å². The first kappa shape index (κ1) is 16.8. The van der Waals surface area contributed by atoms with Crippen molar-refractivity contribution < 1.29 is 4.74 Å². The van der Waals surface area contributed by atoms with Crippen LogP contribution in [0.2, 0.25) is 0 Å². The van der Waals surface area contributed by atoms with Gasteiger partial charge in [0.05, 0.1) is 11.4 Å². The van der Waals surface area contributed by atoms with Crippen molar-refractivity contribution in [3.8, 4) is 5.75 Å². The van der Waals surface area contributed by atoms with Crippen LogP contribution in [0, 0.1) is 6.92 Å². The summed E-state index contributed by atoms with van der Waals surface area (Å²) < 4.78 is 5.79. The standard InChI is InChI=1S/C22H22N2O/c1-17-8-10-20(11-9-17)18(2)23-24-21-12-14-22(15-13-21)25-16-19-6-4-3-5-7-19/h3-15,24H,16H2,1-2H3/b23-18+. The van der Waals surface area contributed by atoms with Gasteiger partial charge in [-0.2, -0.15) is 5.10 Å². The van der Waals surface area contributed by atoms with Crippen LogP contribution in [0.4, 0.5) is 5.69 Å². The Morgan fingerprint density at radius 3 is 2.24 bits per heavy atom. The summed E-state index contributed by atoms with van der Waals surface area (Å²) in [5, 5.41) is 4.44. The number of benzene rings is 3. The maximum absolute atomic E-state index is 5.79. The molecule has 0 atom stereocenters. The predicted octanol–water partition coefficient (Wildman–Crippen LogP) is 5.41. The summed E-state index contributed by atoms with van der Waals surface area (Å²) >= 11 is 0. The summed E-state index contributed by atoms with van der Waals surface area (Å²) in [7, 11) is 0. The second kappa shape index (κ2) is 8.15. The Labute approximate surface area is 149 Å². The molecule has 3 heteroatoms. The molecule has 0 heterocycles. The van der Waals surface area contributed by atoms with Crippen LogP contribution < -0.4 is 10.2 Å². The number of rotatable bonds is 6. The molecule has 0 radical (unpaired) electrons. The number of hydrogen-bond donors (Lipinski definition) is 1. The normalized spacial score (nSPS) is 11.2. The van der Waals surface area contributed by atoms with Crippen LogP contribution in [0.3, 0.4) is 0 Å². The Bertz CT molecular complexity index is 822. The summed E-state index contributed by atoms with van der Waals surface area (Å²) in [4.78, 5) is 0. The Morgan fingerprint density at radius 1 is 0.880 bits per heavy atom. The highest BCUT2D eigenvalue weighted by Crippen LogP contribution is 2.17. The minimum absolute atomic E-state index is 0.568. The van der Waals surface area contributed by atoms with Gasteiger partial charge in [0.1, 0.15) is 12.4 Å². The quantitative estimate of drug-likeness (QED) is 0.484. The molecule has 0 spiro atoms. The Morgan fingerprint density at radius 2 is 1.56 bits per heavy atom. The number of ether oxygens (including phenoxy) is 1. The molecule has 3 nitrogen and oxygen atoms in total. The van der Waals surface area contributed by atoms with Crippen LogP contribution in [-0.2, 0) is 6.61 Å². The van der Waals surface area contributed by atoms with E-state index in [1.165, 1.54) is 5.56 Å². The van der Waals surface area contributed by atoms with Crippen molar-refractivity contribution in [1.29, 1.82) is 0 Å². The first-order chi connectivity index (χ1) is 12.2. The highest BCUT2D eigenvalue weighted by atomic mass is 16.5. The van der Waals surface area contributed by atoms with E-state index in [-0.39, 0.29) is 0 Å². The van der Waals surface area contributed by atoms with E-state index in [4.69, 9.17) is 4.74 Å². The molecule has 3 aromatic rings. The van der Waals surface area contributed by atoms with Crippen molar-refractivity contribution in [2.24, 2.45) is 5.10 Å². The van der Waals surface area contributed by atoms with Crippen LogP contribution in [0.15, 0.2) is 84.0 Å². The minimum atomic E-state index is 0.568. The zero-order valence-electron chi connectivity index (χ0n) is 14.6. The lowest BCUT2D eigenvalue weighted by atomic mass is 10.1. The van der Waals surface area contributed by atoms with Crippen LogP contribution >= 0.6 is 0 Å². The summed E-state index contributed by atoms with van der Waals surface area (Å²) in [6.07, 6.45) is 0. The molecule has 0 amide bonds. The largest absolute Gasteiger partial charge is 0.489 e. The lowest BCUT2D eigenvalue weighted by molar-refractivity contribution is 0.306. The molecule has 0 aliphatic heterocycles. The molecule has 0 saturated heterocycles. The maximum atomic E-state index is 5.79. The number of nitrogens with zero attached hydrogens (tertiary/aromatic N) is 1. The van der Waals surface area contributed by atoms with Gasteiger partial charge in [0, 0.05) is 0 Å². The molecule has 3 rings (SSSR count). The number of hydrogen-bond acceptors (Lipinski definition) is 3. The van der Waals surface area contributed by atoms with E-state index in [0.717, 1.165) is 28.3 Å². The SMILES string of the molecule is C/C(=N\Nc1ccc(OCc2ccccc2)cc1)c1ccc(C)cc1. The molecule has 0 aliphatic rings. The van der Waals surface area contributed by atoms with Gasteiger partial charge < -0.3 is 4.74 Å². The van der Waals surface area contributed by atoms with Crippen LogP contribution in [0.25, 0.3) is 0 Å². The summed E-state index contributed by atoms with van der Waals surface area (Å²) in [6.45, 7) is 4.64. The van der Waals surface area contributed by atoms with Gasteiger partial charge in [0.15, 0.2) is 0 Å². The molecule has 0 saturated carbocycles. The van der Waals surface area contributed by atoms with Crippen molar-refractivity contribution in [2.45, 2.75) is 20.5 Å². The lowest BCUT2D eigenvalue weighted by Crippen LogP contribution is -2.00. The fraction of sp³-hybridized carbons (Fsp3) is 0.136. The average molecular weight is 330 g/mol. The third-order valence-electron chi connectivity index (χ3n) is 3.92.